The van der Waals surface area contributed by atoms with Crippen LogP contribution < -0.4 is 5.32 Å². The minimum absolute atomic E-state index is 0.104. The van der Waals surface area contributed by atoms with Gasteiger partial charge >= 0.3 is 0 Å². The average Bonchev–Trinajstić information content (AvgIpc) is 3.09. The Morgan fingerprint density at radius 1 is 1.12 bits per heavy atom. The molecule has 0 aliphatic rings. The number of amides is 1. The number of hydrogen-bond acceptors (Lipinski definition) is 3. The van der Waals surface area contributed by atoms with Crippen molar-refractivity contribution < 1.29 is 17.8 Å². The van der Waals surface area contributed by atoms with Crippen LogP contribution in [-0.4, -0.2) is 10.1 Å². The van der Waals surface area contributed by atoms with Gasteiger partial charge in [0.1, 0.15) is 11.6 Å². The Bertz CT molecular complexity index is 940. The van der Waals surface area contributed by atoms with Crippen LogP contribution in [-0.2, 0) is 23.1 Å². The zero-order chi connectivity index (χ0) is 18.5. The molecule has 1 aromatic heterocycles. The van der Waals surface area contributed by atoms with Crippen molar-refractivity contribution in [2.24, 2.45) is 0 Å². The van der Waals surface area contributed by atoms with Gasteiger partial charge in [0.05, 0.1) is 16.6 Å². The van der Waals surface area contributed by atoms with Crippen LogP contribution in [0.2, 0.25) is 5.02 Å². The van der Waals surface area contributed by atoms with E-state index in [-0.39, 0.29) is 23.2 Å². The van der Waals surface area contributed by atoms with E-state index >= 15 is 0 Å². The van der Waals surface area contributed by atoms with Crippen LogP contribution in [0.1, 0.15) is 21.9 Å². The second-order valence-electron chi connectivity index (χ2n) is 5.52. The van der Waals surface area contributed by atoms with E-state index in [4.69, 9.17) is 16.0 Å². The normalized spacial score (nSPS) is 11.9. The molecule has 0 spiro atoms. The molecule has 0 bridgehead atoms. The van der Waals surface area contributed by atoms with Gasteiger partial charge in [-0.2, -0.15) is 0 Å². The lowest BCUT2D eigenvalue weighted by Gasteiger charge is -2.04. The molecular formula is C19H15ClFNO3S. The second kappa shape index (κ2) is 8.29. The number of carbonyl (C=O) groups excluding carboxylic acids is 1. The molecule has 0 radical (unpaired) electrons. The Hall–Kier alpha value is -2.44. The molecule has 134 valence electrons. The van der Waals surface area contributed by atoms with Crippen molar-refractivity contribution in [2.45, 2.75) is 17.2 Å². The Morgan fingerprint density at radius 3 is 2.62 bits per heavy atom. The minimum Gasteiger partial charge on any atom is -0.455 e. The molecular weight excluding hydrogens is 377 g/mol. The molecule has 0 fully saturated rings. The van der Waals surface area contributed by atoms with E-state index in [2.05, 4.69) is 5.32 Å². The van der Waals surface area contributed by atoms with E-state index in [0.29, 0.717) is 22.2 Å². The monoisotopic (exact) mass is 391 g/mol. The second-order valence-corrected chi connectivity index (χ2v) is 7.41. The van der Waals surface area contributed by atoms with Gasteiger partial charge in [0.15, 0.2) is 5.76 Å². The van der Waals surface area contributed by atoms with E-state index in [1.807, 2.05) is 6.07 Å². The Kier molecular flexibility index (Phi) is 5.85. The third kappa shape index (κ3) is 4.80. The van der Waals surface area contributed by atoms with Crippen LogP contribution in [0.15, 0.2) is 70.0 Å². The SMILES string of the molecule is O=C(NCc1cccc(Cl)c1)c1ccc(C[S@@](=O)c2ccc(F)cc2)o1. The Balaban J connectivity index is 1.59. The minimum atomic E-state index is -1.39. The summed E-state index contributed by atoms with van der Waals surface area (Å²) in [6, 6.07) is 15.8. The number of carbonyl (C=O) groups is 1. The van der Waals surface area contributed by atoms with Crippen molar-refractivity contribution >= 4 is 28.3 Å². The highest BCUT2D eigenvalue weighted by molar-refractivity contribution is 7.84. The molecule has 2 aromatic carbocycles. The van der Waals surface area contributed by atoms with Gasteiger partial charge in [-0.05, 0) is 54.1 Å². The summed E-state index contributed by atoms with van der Waals surface area (Å²) in [5, 5.41) is 3.34. The maximum Gasteiger partial charge on any atom is 0.287 e. The third-order valence-electron chi connectivity index (χ3n) is 3.58. The number of nitrogens with one attached hydrogen (secondary N) is 1. The molecule has 0 aliphatic carbocycles. The quantitative estimate of drug-likeness (QED) is 0.681. The summed E-state index contributed by atoms with van der Waals surface area (Å²) >= 11 is 5.91. The highest BCUT2D eigenvalue weighted by Crippen LogP contribution is 2.16. The first kappa shape index (κ1) is 18.4. The fourth-order valence-corrected chi connectivity index (χ4v) is 3.53. The number of furan rings is 1. The first-order chi connectivity index (χ1) is 12.5. The molecule has 3 rings (SSSR count). The summed E-state index contributed by atoms with van der Waals surface area (Å²) in [5.74, 6) is -0.0994. The number of benzene rings is 2. The van der Waals surface area contributed by atoms with Crippen molar-refractivity contribution in [1.82, 2.24) is 5.32 Å². The topological polar surface area (TPSA) is 59.3 Å². The smallest absolute Gasteiger partial charge is 0.287 e. The molecule has 0 saturated carbocycles. The molecule has 1 N–H and O–H groups in total. The lowest BCUT2D eigenvalue weighted by Crippen LogP contribution is -2.22. The lowest BCUT2D eigenvalue weighted by atomic mass is 10.2. The summed E-state index contributed by atoms with van der Waals surface area (Å²) in [6.45, 7) is 0.316. The van der Waals surface area contributed by atoms with Gasteiger partial charge in [-0.3, -0.25) is 9.00 Å². The van der Waals surface area contributed by atoms with Gasteiger partial charge in [0.2, 0.25) is 0 Å². The zero-order valence-electron chi connectivity index (χ0n) is 13.6. The van der Waals surface area contributed by atoms with Crippen molar-refractivity contribution in [2.75, 3.05) is 0 Å². The van der Waals surface area contributed by atoms with Crippen LogP contribution in [0, 0.1) is 5.82 Å². The number of hydrogen-bond donors (Lipinski definition) is 1. The highest BCUT2D eigenvalue weighted by Gasteiger charge is 2.13. The van der Waals surface area contributed by atoms with Crippen LogP contribution >= 0.6 is 11.6 Å². The van der Waals surface area contributed by atoms with Gasteiger partial charge < -0.3 is 9.73 Å². The van der Waals surface area contributed by atoms with Crippen LogP contribution in [0.4, 0.5) is 4.39 Å². The van der Waals surface area contributed by atoms with Gasteiger partial charge in [0.25, 0.3) is 5.91 Å². The molecule has 4 nitrogen and oxygen atoms in total. The number of rotatable bonds is 6. The Labute approximate surface area is 157 Å². The van der Waals surface area contributed by atoms with Crippen molar-refractivity contribution in [3.8, 4) is 0 Å². The van der Waals surface area contributed by atoms with Gasteiger partial charge in [-0.25, -0.2) is 4.39 Å². The molecule has 1 atom stereocenters. The standard InChI is InChI=1S/C19H15ClFNO3S/c20-14-3-1-2-13(10-14)11-22-19(23)18-9-6-16(25-18)12-26(24)17-7-4-15(21)5-8-17/h1-10H,11-12H2,(H,22,23)/t26-/m1/s1. The van der Waals surface area contributed by atoms with Crippen LogP contribution in [0.5, 0.6) is 0 Å². The van der Waals surface area contributed by atoms with Crippen molar-refractivity contribution in [3.63, 3.8) is 0 Å². The van der Waals surface area contributed by atoms with Crippen molar-refractivity contribution in [3.05, 3.63) is 88.6 Å². The predicted octanol–water partition coefficient (Wildman–Crippen LogP) is 4.31. The maximum atomic E-state index is 12.9. The first-order valence-electron chi connectivity index (χ1n) is 7.76. The summed E-state index contributed by atoms with van der Waals surface area (Å²) < 4.78 is 30.6. The summed E-state index contributed by atoms with van der Waals surface area (Å²) in [6.07, 6.45) is 0. The molecule has 3 aromatic rings. The van der Waals surface area contributed by atoms with E-state index in [9.17, 15) is 13.4 Å². The van der Waals surface area contributed by atoms with E-state index < -0.39 is 10.8 Å². The zero-order valence-corrected chi connectivity index (χ0v) is 15.1. The van der Waals surface area contributed by atoms with Crippen LogP contribution in [0.3, 0.4) is 0 Å². The van der Waals surface area contributed by atoms with E-state index in [0.717, 1.165) is 5.56 Å². The maximum absolute atomic E-state index is 12.9. The average molecular weight is 392 g/mol. The largest absolute Gasteiger partial charge is 0.455 e. The van der Waals surface area contributed by atoms with Crippen LogP contribution in [0.25, 0.3) is 0 Å². The van der Waals surface area contributed by atoms with Crippen molar-refractivity contribution in [1.29, 1.82) is 0 Å². The third-order valence-corrected chi connectivity index (χ3v) is 5.16. The fourth-order valence-electron chi connectivity index (χ4n) is 2.29. The van der Waals surface area contributed by atoms with Gasteiger partial charge in [-0.15, -0.1) is 0 Å². The summed E-state index contributed by atoms with van der Waals surface area (Å²) in [7, 11) is -1.39. The van der Waals surface area contributed by atoms with Gasteiger partial charge in [-0.1, -0.05) is 23.7 Å². The Morgan fingerprint density at radius 2 is 1.88 bits per heavy atom. The lowest BCUT2D eigenvalue weighted by molar-refractivity contribution is 0.0921. The molecule has 0 aliphatic heterocycles. The van der Waals surface area contributed by atoms with E-state index in [1.165, 1.54) is 30.3 Å². The molecule has 0 saturated heterocycles. The van der Waals surface area contributed by atoms with E-state index in [1.54, 1.807) is 24.3 Å². The first-order valence-corrected chi connectivity index (χ1v) is 9.46. The molecule has 26 heavy (non-hydrogen) atoms. The highest BCUT2D eigenvalue weighted by atomic mass is 35.5. The fraction of sp³-hybridized carbons (Fsp3) is 0.105. The molecule has 1 amide bonds. The summed E-state index contributed by atoms with van der Waals surface area (Å²) in [4.78, 5) is 12.6. The summed E-state index contributed by atoms with van der Waals surface area (Å²) in [5.41, 5.74) is 0.870. The predicted molar refractivity (Wildman–Crippen MR) is 97.8 cm³/mol. The molecule has 0 unspecified atom stereocenters. The number of halogens is 2. The molecule has 7 heteroatoms. The van der Waals surface area contributed by atoms with Gasteiger partial charge in [0, 0.05) is 16.5 Å². The molecule has 1 heterocycles.